The van der Waals surface area contributed by atoms with Gasteiger partial charge in [0.2, 0.25) is 0 Å². The second-order valence-electron chi connectivity index (χ2n) is 15.5. The fraction of sp³-hybridized carbons (Fsp3) is 0.283. The zero-order chi connectivity index (χ0) is 40.1. The second kappa shape index (κ2) is 13.3. The third-order valence-electron chi connectivity index (χ3n) is 11.5. The molecule has 0 bridgehead atoms. The number of aryl methyl sites for hydroxylation is 2. The summed E-state index contributed by atoms with van der Waals surface area (Å²) in [6, 6.07) is 13.3. The quantitative estimate of drug-likeness (QED) is 0.0909. The van der Waals surface area contributed by atoms with E-state index in [1.807, 2.05) is 65.8 Å². The number of nitrogens with zero attached hydrogens (tertiary/aromatic N) is 1. The maximum atomic E-state index is 12.5. The Hall–Kier alpha value is -6.13. The fourth-order valence-electron chi connectivity index (χ4n) is 9.36. The lowest BCUT2D eigenvalue weighted by molar-refractivity contribution is 0.402. The van der Waals surface area contributed by atoms with Gasteiger partial charge < -0.3 is 45.4 Å². The molecule has 0 radical (unpaired) electrons. The summed E-state index contributed by atoms with van der Waals surface area (Å²) in [5.74, 6) is 0.0444. The molecule has 6 aromatic rings. The molecule has 0 fully saturated rings. The summed E-state index contributed by atoms with van der Waals surface area (Å²) >= 11 is 0. The van der Waals surface area contributed by atoms with Crippen LogP contribution in [0.1, 0.15) is 67.1 Å². The highest BCUT2D eigenvalue weighted by Gasteiger charge is 2.33. The fourth-order valence-corrected chi connectivity index (χ4v) is 9.36. The van der Waals surface area contributed by atoms with Gasteiger partial charge in [-0.2, -0.15) is 0 Å². The molecule has 8 rings (SSSR count). The average molecular weight is 755 g/mol. The van der Waals surface area contributed by atoms with Crippen LogP contribution in [0.4, 0.5) is 0 Å². The van der Waals surface area contributed by atoms with Crippen molar-refractivity contribution in [3.05, 3.63) is 81.9 Å². The van der Waals surface area contributed by atoms with E-state index in [-0.39, 0.29) is 63.7 Å². The summed E-state index contributed by atoms with van der Waals surface area (Å²) in [6.07, 6.45) is 0.940. The topological polar surface area (TPSA) is 164 Å². The van der Waals surface area contributed by atoms with Crippen molar-refractivity contribution < 1.29 is 40.1 Å². The normalized spacial score (nSPS) is 17.8. The first-order chi connectivity index (χ1) is 26.6. The zero-order valence-electron chi connectivity index (χ0n) is 32.7. The van der Waals surface area contributed by atoms with Gasteiger partial charge in [-0.3, -0.25) is 4.99 Å². The molecule has 0 aliphatic carbocycles. The summed E-state index contributed by atoms with van der Waals surface area (Å²) in [5, 5.41) is 76.1. The molecule has 56 heavy (non-hydrogen) atoms. The molecule has 2 aliphatic heterocycles. The lowest BCUT2D eigenvalue weighted by Crippen LogP contribution is -2.36. The van der Waals surface area contributed by atoms with E-state index >= 15 is 0 Å². The molecule has 0 amide bonds. The Kier molecular flexibility index (Phi) is 8.73. The minimum absolute atomic E-state index is 0.0175. The molecule has 3 atom stereocenters. The predicted molar refractivity (Wildman–Crippen MR) is 220 cm³/mol. The zero-order valence-corrected chi connectivity index (χ0v) is 32.7. The molecule has 0 saturated heterocycles. The summed E-state index contributed by atoms with van der Waals surface area (Å²) in [7, 11) is 3.05. The molecule has 6 aromatic carbocycles. The van der Waals surface area contributed by atoms with Gasteiger partial charge in [0, 0.05) is 63.3 Å². The molecular weight excluding hydrogens is 709 g/mol. The summed E-state index contributed by atoms with van der Waals surface area (Å²) in [4.78, 5) is 4.72. The minimum Gasteiger partial charge on any atom is -0.507 e. The van der Waals surface area contributed by atoms with E-state index in [9.17, 15) is 30.6 Å². The Morgan fingerprint density at radius 3 is 1.57 bits per heavy atom. The van der Waals surface area contributed by atoms with Gasteiger partial charge >= 0.3 is 0 Å². The molecule has 10 nitrogen and oxygen atoms in total. The highest BCUT2D eigenvalue weighted by molar-refractivity contribution is 6.14. The van der Waals surface area contributed by atoms with Gasteiger partial charge in [0.25, 0.3) is 0 Å². The maximum Gasteiger partial charge on any atom is 0.135 e. The number of hydrogen-bond donors (Lipinski definition) is 7. The van der Waals surface area contributed by atoms with E-state index in [0.29, 0.717) is 90.5 Å². The molecule has 10 heteroatoms. The molecule has 0 spiro atoms. The highest BCUT2D eigenvalue weighted by Crippen LogP contribution is 2.55. The first kappa shape index (κ1) is 36.8. The Balaban J connectivity index is 1.56. The average Bonchev–Trinajstić information content (AvgIpc) is 3.11. The lowest BCUT2D eigenvalue weighted by atomic mass is 9.81. The molecule has 0 saturated carbocycles. The van der Waals surface area contributed by atoms with Crippen molar-refractivity contribution in [2.45, 2.75) is 72.5 Å². The molecular formula is C46H46N2O8. The van der Waals surface area contributed by atoms with Crippen molar-refractivity contribution in [1.29, 1.82) is 0 Å². The van der Waals surface area contributed by atoms with E-state index in [1.165, 1.54) is 26.4 Å². The van der Waals surface area contributed by atoms with Crippen molar-refractivity contribution in [1.82, 2.24) is 5.32 Å². The Morgan fingerprint density at radius 1 is 0.571 bits per heavy atom. The number of fused-ring (bicyclic) bond motifs is 4. The molecule has 0 unspecified atom stereocenters. The standard InChI is InChI=1S/C46H46N2O8/c1-19-9-25-27(41-31-13-21(3)47-23(5)39(31)33(49)17-35(41)51)15-29(45(53)43(25)37(11-19)55-7)30-16-28(26-10-20(2)12-38(56-8)44(26)46(30)54)42-32-14-22(4)48-24(6)40(32)34(50)18-36(42)52/h9-12,15-18,21-23,47,49-54H,13-14H2,1-8H3/t21-,22-,23-/m1/s1. The van der Waals surface area contributed by atoms with Crippen molar-refractivity contribution in [3.8, 4) is 79.4 Å². The number of hydrogen-bond acceptors (Lipinski definition) is 10. The van der Waals surface area contributed by atoms with Gasteiger partial charge in [-0.25, -0.2) is 0 Å². The van der Waals surface area contributed by atoms with Crippen LogP contribution >= 0.6 is 0 Å². The Morgan fingerprint density at radius 2 is 1.05 bits per heavy atom. The van der Waals surface area contributed by atoms with Crippen molar-refractivity contribution >= 4 is 27.3 Å². The molecule has 0 aromatic heterocycles. The number of nitrogens with one attached hydrogen (secondary N) is 1. The first-order valence-corrected chi connectivity index (χ1v) is 18.8. The lowest BCUT2D eigenvalue weighted by Gasteiger charge is -2.32. The van der Waals surface area contributed by atoms with Crippen LogP contribution in [0.25, 0.3) is 54.9 Å². The molecule has 2 heterocycles. The van der Waals surface area contributed by atoms with Gasteiger partial charge in [0.15, 0.2) is 0 Å². The van der Waals surface area contributed by atoms with E-state index < -0.39 is 0 Å². The van der Waals surface area contributed by atoms with Crippen molar-refractivity contribution in [2.24, 2.45) is 4.99 Å². The van der Waals surface area contributed by atoms with Gasteiger partial charge in [-0.15, -0.1) is 0 Å². The largest absolute Gasteiger partial charge is 0.507 e. The number of rotatable bonds is 5. The Bertz CT molecular complexity index is 2700. The number of aliphatic imine (C=N–C) groups is 1. The van der Waals surface area contributed by atoms with Crippen molar-refractivity contribution in [2.75, 3.05) is 14.2 Å². The number of phenols is 6. The monoisotopic (exact) mass is 754 g/mol. The number of benzene rings is 6. The maximum absolute atomic E-state index is 12.5. The minimum atomic E-state index is -0.212. The van der Waals surface area contributed by atoms with Crippen LogP contribution in [0.15, 0.2) is 53.5 Å². The SMILES string of the molecule is COc1cc(C)cc2c(-c3c(O)cc(O)c4c3C[C@@H](C)N=C4C)cc(-c3cc(-c4c(O)cc(O)c5c4C[C@@H](C)N[C@@H]5C)c4cc(C)cc(OC)c4c3O)c(O)c12. The number of ether oxygens (including phenoxy) is 2. The van der Waals surface area contributed by atoms with Crippen LogP contribution < -0.4 is 14.8 Å². The van der Waals surface area contributed by atoms with E-state index in [1.54, 1.807) is 12.1 Å². The third-order valence-corrected chi connectivity index (χ3v) is 11.5. The summed E-state index contributed by atoms with van der Waals surface area (Å²) in [6.45, 7) is 11.7. The van der Waals surface area contributed by atoms with E-state index in [2.05, 4.69) is 5.32 Å². The number of methoxy groups -OCH3 is 2. The predicted octanol–water partition coefficient (Wildman–Crippen LogP) is 9.21. The van der Waals surface area contributed by atoms with Crippen LogP contribution in [-0.4, -0.2) is 62.7 Å². The second-order valence-corrected chi connectivity index (χ2v) is 15.5. The van der Waals surface area contributed by atoms with Crippen LogP contribution in [0.3, 0.4) is 0 Å². The van der Waals surface area contributed by atoms with Gasteiger partial charge in [0.05, 0.1) is 31.0 Å². The Labute approximate surface area is 325 Å². The van der Waals surface area contributed by atoms with Crippen molar-refractivity contribution in [3.63, 3.8) is 0 Å². The highest BCUT2D eigenvalue weighted by atomic mass is 16.5. The number of phenolic OH excluding ortho intramolecular Hbond substituents is 6. The summed E-state index contributed by atoms with van der Waals surface area (Å²) in [5.41, 5.74) is 7.57. The van der Waals surface area contributed by atoms with Crippen LogP contribution in [0.5, 0.6) is 46.0 Å². The molecule has 2 aliphatic rings. The van der Waals surface area contributed by atoms with E-state index in [0.717, 1.165) is 16.7 Å². The smallest absolute Gasteiger partial charge is 0.135 e. The van der Waals surface area contributed by atoms with Crippen LogP contribution in [0.2, 0.25) is 0 Å². The van der Waals surface area contributed by atoms with Crippen LogP contribution in [0, 0.1) is 13.8 Å². The summed E-state index contributed by atoms with van der Waals surface area (Å²) < 4.78 is 11.8. The molecule has 7 N–H and O–H groups in total. The van der Waals surface area contributed by atoms with E-state index in [4.69, 9.17) is 14.5 Å². The van der Waals surface area contributed by atoms with Gasteiger partial charge in [-0.05, 0) is 123 Å². The van der Waals surface area contributed by atoms with Crippen LogP contribution in [-0.2, 0) is 12.8 Å². The first-order valence-electron chi connectivity index (χ1n) is 18.8. The number of aromatic hydroxyl groups is 6. The molecule has 288 valence electrons. The van der Waals surface area contributed by atoms with Gasteiger partial charge in [0.1, 0.15) is 46.0 Å². The third kappa shape index (κ3) is 5.53. The van der Waals surface area contributed by atoms with Gasteiger partial charge in [-0.1, -0.05) is 12.1 Å².